The van der Waals surface area contributed by atoms with Crippen LogP contribution in [0.15, 0.2) is 85.2 Å². The molecular weight excluding hydrogens is 376 g/mol. The molecule has 0 saturated carbocycles. The lowest BCUT2D eigenvalue weighted by Crippen LogP contribution is -1.96. The van der Waals surface area contributed by atoms with Crippen molar-refractivity contribution >= 4 is 11.8 Å². The van der Waals surface area contributed by atoms with E-state index in [1.165, 1.54) is 6.33 Å². The van der Waals surface area contributed by atoms with Gasteiger partial charge in [-0.05, 0) is 42.3 Å². The molecular formula is C25H18N2O3. The molecule has 0 aliphatic carbocycles. The molecule has 3 aromatic carbocycles. The van der Waals surface area contributed by atoms with Crippen molar-refractivity contribution in [2.24, 2.45) is 0 Å². The summed E-state index contributed by atoms with van der Waals surface area (Å²) >= 11 is 0. The Bertz CT molecular complexity index is 1250. The van der Waals surface area contributed by atoms with E-state index in [0.29, 0.717) is 11.3 Å². The Kier molecular flexibility index (Phi) is 5.18. The summed E-state index contributed by atoms with van der Waals surface area (Å²) < 4.78 is 0. The first kappa shape index (κ1) is 19.2. The lowest BCUT2D eigenvalue weighted by molar-refractivity contribution is 0.0696. The van der Waals surface area contributed by atoms with E-state index in [1.54, 1.807) is 37.3 Å². The number of ketones is 1. The highest BCUT2D eigenvalue weighted by Crippen LogP contribution is 2.32. The number of hydrogen-bond donors (Lipinski definition) is 1. The number of aromatic nitrogens is 2. The van der Waals surface area contributed by atoms with Crippen molar-refractivity contribution in [3.05, 3.63) is 96.3 Å². The second-order valence-electron chi connectivity index (χ2n) is 6.85. The fraction of sp³-hybridized carbons (Fsp3) is 0.0400. The molecule has 0 spiro atoms. The van der Waals surface area contributed by atoms with Gasteiger partial charge >= 0.3 is 5.97 Å². The molecule has 0 fully saturated rings. The second-order valence-corrected chi connectivity index (χ2v) is 6.85. The first-order valence-corrected chi connectivity index (χ1v) is 9.39. The zero-order valence-corrected chi connectivity index (χ0v) is 16.2. The first-order chi connectivity index (χ1) is 14.5. The topological polar surface area (TPSA) is 80.2 Å². The van der Waals surface area contributed by atoms with Crippen molar-refractivity contribution < 1.29 is 14.7 Å². The van der Waals surface area contributed by atoms with Gasteiger partial charge in [0.25, 0.3) is 0 Å². The molecule has 5 heteroatoms. The van der Waals surface area contributed by atoms with Crippen LogP contribution in [0.4, 0.5) is 0 Å². The number of benzene rings is 3. The van der Waals surface area contributed by atoms with E-state index in [-0.39, 0.29) is 11.3 Å². The predicted molar refractivity (Wildman–Crippen MR) is 115 cm³/mol. The molecule has 1 aromatic heterocycles. The highest BCUT2D eigenvalue weighted by molar-refractivity contribution is 5.96. The summed E-state index contributed by atoms with van der Waals surface area (Å²) in [5, 5.41) is 9.08. The molecule has 0 unspecified atom stereocenters. The molecule has 0 atom stereocenters. The molecule has 0 amide bonds. The van der Waals surface area contributed by atoms with E-state index in [1.807, 2.05) is 48.5 Å². The summed E-state index contributed by atoms with van der Waals surface area (Å²) in [5.74, 6) is -0.949. The number of carboxylic acid groups (broad SMARTS) is 1. The van der Waals surface area contributed by atoms with E-state index in [0.717, 1.165) is 27.9 Å². The van der Waals surface area contributed by atoms with Crippen LogP contribution >= 0.6 is 0 Å². The Labute approximate surface area is 173 Å². The van der Waals surface area contributed by atoms with Gasteiger partial charge in [-0.1, -0.05) is 54.6 Å². The zero-order valence-electron chi connectivity index (χ0n) is 16.2. The van der Waals surface area contributed by atoms with E-state index < -0.39 is 5.97 Å². The third-order valence-electron chi connectivity index (χ3n) is 4.88. The summed E-state index contributed by atoms with van der Waals surface area (Å²) in [7, 11) is 0. The molecule has 30 heavy (non-hydrogen) atoms. The van der Waals surface area contributed by atoms with Gasteiger partial charge in [-0.25, -0.2) is 14.8 Å². The fourth-order valence-corrected chi connectivity index (χ4v) is 3.31. The second kappa shape index (κ2) is 8.09. The maximum Gasteiger partial charge on any atom is 0.335 e. The minimum absolute atomic E-state index is 0.0171. The van der Waals surface area contributed by atoms with Crippen molar-refractivity contribution in [3.63, 3.8) is 0 Å². The number of nitrogens with zero attached hydrogens (tertiary/aromatic N) is 2. The molecule has 4 rings (SSSR count). The quantitative estimate of drug-likeness (QED) is 0.460. The number of carbonyl (C=O) groups is 2. The molecule has 5 nitrogen and oxygen atoms in total. The van der Waals surface area contributed by atoms with Crippen LogP contribution in [-0.2, 0) is 0 Å². The van der Waals surface area contributed by atoms with Gasteiger partial charge in [0.1, 0.15) is 6.33 Å². The summed E-state index contributed by atoms with van der Waals surface area (Å²) in [4.78, 5) is 31.7. The average molecular weight is 394 g/mol. The lowest BCUT2D eigenvalue weighted by Gasteiger charge is -2.11. The number of carboxylic acids is 1. The highest BCUT2D eigenvalue weighted by Gasteiger charge is 2.12. The minimum atomic E-state index is -0.966. The van der Waals surface area contributed by atoms with Crippen LogP contribution in [0.1, 0.15) is 27.6 Å². The summed E-state index contributed by atoms with van der Waals surface area (Å²) in [6.45, 7) is 1.55. The largest absolute Gasteiger partial charge is 0.478 e. The normalized spacial score (nSPS) is 10.6. The van der Waals surface area contributed by atoms with Crippen molar-refractivity contribution in [2.75, 3.05) is 0 Å². The van der Waals surface area contributed by atoms with E-state index in [2.05, 4.69) is 9.97 Å². The average Bonchev–Trinajstić information content (AvgIpc) is 2.79. The first-order valence-electron chi connectivity index (χ1n) is 9.39. The Morgan fingerprint density at radius 2 is 1.40 bits per heavy atom. The van der Waals surface area contributed by atoms with Gasteiger partial charge in [0, 0.05) is 16.7 Å². The van der Waals surface area contributed by atoms with Crippen LogP contribution in [0, 0.1) is 0 Å². The van der Waals surface area contributed by atoms with E-state index >= 15 is 0 Å². The van der Waals surface area contributed by atoms with Gasteiger partial charge in [-0.2, -0.15) is 0 Å². The zero-order chi connectivity index (χ0) is 21.1. The van der Waals surface area contributed by atoms with Crippen LogP contribution in [0.3, 0.4) is 0 Å². The number of carbonyl (C=O) groups excluding carboxylic acids is 1. The Hall–Kier alpha value is -4.12. The number of Topliss-reactive ketones (excluding diaryl/α,β-unsaturated/α-hetero) is 1. The Morgan fingerprint density at radius 3 is 2.10 bits per heavy atom. The monoisotopic (exact) mass is 394 g/mol. The number of aromatic carboxylic acids is 1. The van der Waals surface area contributed by atoms with Crippen LogP contribution < -0.4 is 0 Å². The van der Waals surface area contributed by atoms with Gasteiger partial charge in [0.15, 0.2) is 5.78 Å². The fourth-order valence-electron chi connectivity index (χ4n) is 3.31. The lowest BCUT2D eigenvalue weighted by atomic mass is 9.95. The highest BCUT2D eigenvalue weighted by atomic mass is 16.4. The summed E-state index contributed by atoms with van der Waals surface area (Å²) in [5.41, 5.74) is 5.95. The number of rotatable bonds is 5. The molecule has 0 aliphatic heterocycles. The molecule has 0 saturated heterocycles. The van der Waals surface area contributed by atoms with Gasteiger partial charge in [-0.15, -0.1) is 0 Å². The third-order valence-corrected chi connectivity index (χ3v) is 4.88. The summed E-state index contributed by atoms with van der Waals surface area (Å²) in [6.07, 6.45) is 1.50. The Morgan fingerprint density at radius 1 is 0.700 bits per heavy atom. The molecule has 1 heterocycles. The molecule has 1 N–H and O–H groups in total. The van der Waals surface area contributed by atoms with E-state index in [9.17, 15) is 9.59 Å². The van der Waals surface area contributed by atoms with Crippen molar-refractivity contribution in [1.82, 2.24) is 9.97 Å². The number of hydrogen-bond acceptors (Lipinski definition) is 4. The van der Waals surface area contributed by atoms with Gasteiger partial charge in [0.2, 0.25) is 0 Å². The predicted octanol–water partition coefficient (Wildman–Crippen LogP) is 5.38. The SMILES string of the molecule is CC(=O)c1cccc(-c2ccccc2-c2cc(-c3ccc(C(=O)O)cc3)ncn2)c1. The molecule has 4 aromatic rings. The molecule has 0 radical (unpaired) electrons. The van der Waals surface area contributed by atoms with Crippen molar-refractivity contribution in [1.29, 1.82) is 0 Å². The minimum Gasteiger partial charge on any atom is -0.478 e. The smallest absolute Gasteiger partial charge is 0.335 e. The van der Waals surface area contributed by atoms with Crippen LogP contribution in [0.25, 0.3) is 33.6 Å². The van der Waals surface area contributed by atoms with Gasteiger partial charge in [0.05, 0.1) is 17.0 Å². The molecule has 146 valence electrons. The maximum atomic E-state index is 11.8. The maximum absolute atomic E-state index is 11.8. The van der Waals surface area contributed by atoms with Crippen molar-refractivity contribution in [2.45, 2.75) is 6.92 Å². The standard InChI is InChI=1S/C25H18N2O3/c1-16(28)19-5-4-6-20(13-19)21-7-2-3-8-22(21)24-14-23(26-15-27-24)17-9-11-18(12-10-17)25(29)30/h2-15H,1H3,(H,29,30). The van der Waals surface area contributed by atoms with Gasteiger partial charge < -0.3 is 5.11 Å². The molecule has 0 aliphatic rings. The van der Waals surface area contributed by atoms with Crippen LogP contribution in [0.5, 0.6) is 0 Å². The third kappa shape index (κ3) is 3.86. The molecule has 0 bridgehead atoms. The van der Waals surface area contributed by atoms with Crippen LogP contribution in [-0.4, -0.2) is 26.8 Å². The summed E-state index contributed by atoms with van der Waals surface area (Å²) in [6, 6.07) is 23.9. The van der Waals surface area contributed by atoms with Crippen LogP contribution in [0.2, 0.25) is 0 Å². The van der Waals surface area contributed by atoms with Crippen molar-refractivity contribution in [3.8, 4) is 33.6 Å². The Balaban J connectivity index is 1.77. The van der Waals surface area contributed by atoms with E-state index in [4.69, 9.17) is 5.11 Å². The van der Waals surface area contributed by atoms with Gasteiger partial charge in [-0.3, -0.25) is 4.79 Å².